The summed E-state index contributed by atoms with van der Waals surface area (Å²) in [6.07, 6.45) is 8.79. The molecule has 0 bridgehead atoms. The molecule has 0 amide bonds. The fraction of sp³-hybridized carbons (Fsp3) is 0.364. The van der Waals surface area contributed by atoms with Crippen molar-refractivity contribution in [3.05, 3.63) is 65.2 Å². The van der Waals surface area contributed by atoms with Crippen LogP contribution in [0.3, 0.4) is 0 Å². The van der Waals surface area contributed by atoms with Gasteiger partial charge in [0.1, 0.15) is 0 Å². The molecular weight excluding hydrogens is 392 g/mol. The average Bonchev–Trinajstić information content (AvgIpc) is 3.53. The summed E-state index contributed by atoms with van der Waals surface area (Å²) in [7, 11) is -4.21. The maximum Gasteiger partial charge on any atom is 0.0939 e. The van der Waals surface area contributed by atoms with E-state index in [0.717, 1.165) is 30.7 Å². The largest absolute Gasteiger partial charge is 0.285 e. The summed E-state index contributed by atoms with van der Waals surface area (Å²) in [5.74, 6) is 0.186. The molecule has 1 saturated carbocycles. The minimum atomic E-state index is -4.21. The molecule has 2 aromatic carbocycles. The number of nitrogens with zero attached hydrogens (tertiary/aromatic N) is 2. The standard InChI is InChI=1S/C22H25ClN2O2S/c1-28(26,27,20-8-3-2-4-9-20)25-15-17-10-12-22(13-11-17,21-16-24-21)18-6-5-7-19(23)14-18/h2-9,14-17,21H,10-13H2,1H3,(H,26,27)/b25-15+. The third-order valence-corrected chi connectivity index (χ3v) is 8.20. The van der Waals surface area contributed by atoms with Crippen LogP contribution < -0.4 is 0 Å². The Morgan fingerprint density at radius 2 is 1.86 bits per heavy atom. The van der Waals surface area contributed by atoms with Crippen LogP contribution >= 0.6 is 11.6 Å². The number of hydrogen-bond donors (Lipinski definition) is 1. The molecule has 1 aliphatic carbocycles. The molecule has 1 heterocycles. The van der Waals surface area contributed by atoms with E-state index in [1.807, 2.05) is 24.4 Å². The van der Waals surface area contributed by atoms with E-state index < -0.39 is 9.53 Å². The molecule has 1 N–H and O–H groups in total. The van der Waals surface area contributed by atoms with E-state index in [9.17, 15) is 8.76 Å². The quantitative estimate of drug-likeness (QED) is 0.682. The molecule has 2 aromatic rings. The van der Waals surface area contributed by atoms with Gasteiger partial charge in [-0.2, -0.15) is 8.61 Å². The van der Waals surface area contributed by atoms with Crippen molar-refractivity contribution in [1.82, 2.24) is 0 Å². The maximum atomic E-state index is 13.1. The highest BCUT2D eigenvalue weighted by Crippen LogP contribution is 2.47. The Morgan fingerprint density at radius 3 is 2.46 bits per heavy atom. The van der Waals surface area contributed by atoms with Crippen molar-refractivity contribution >= 4 is 33.6 Å². The summed E-state index contributed by atoms with van der Waals surface area (Å²) in [6, 6.07) is 17.0. The third kappa shape index (κ3) is 3.84. The van der Waals surface area contributed by atoms with E-state index in [2.05, 4.69) is 21.5 Å². The monoisotopic (exact) mass is 416 g/mol. The van der Waals surface area contributed by atoms with Gasteiger partial charge in [0.15, 0.2) is 0 Å². The maximum absolute atomic E-state index is 13.1. The zero-order valence-corrected chi connectivity index (χ0v) is 17.4. The molecule has 1 aliphatic heterocycles. The lowest BCUT2D eigenvalue weighted by Gasteiger charge is -2.40. The van der Waals surface area contributed by atoms with E-state index >= 15 is 0 Å². The average molecular weight is 417 g/mol. The lowest BCUT2D eigenvalue weighted by atomic mass is 9.64. The number of rotatable bonds is 5. The van der Waals surface area contributed by atoms with Gasteiger partial charge in [0.25, 0.3) is 0 Å². The molecule has 0 aromatic heterocycles. The smallest absolute Gasteiger partial charge is 0.0939 e. The second-order valence-corrected chi connectivity index (χ2v) is 11.6. The number of hydrogen-bond acceptors (Lipinski definition) is 2. The molecule has 0 radical (unpaired) electrons. The summed E-state index contributed by atoms with van der Waals surface area (Å²) in [4.78, 5) is 4.83. The van der Waals surface area contributed by atoms with Gasteiger partial charge in [0.05, 0.1) is 10.9 Å². The van der Waals surface area contributed by atoms with Crippen molar-refractivity contribution in [1.29, 1.82) is 0 Å². The number of aliphatic imine (C=N–C) groups is 1. The first-order valence-electron chi connectivity index (χ1n) is 9.57. The van der Waals surface area contributed by atoms with Crippen LogP contribution in [0.15, 0.2) is 68.9 Å². The minimum Gasteiger partial charge on any atom is -0.285 e. The van der Waals surface area contributed by atoms with E-state index in [4.69, 9.17) is 11.6 Å². The van der Waals surface area contributed by atoms with Crippen LogP contribution in [0.5, 0.6) is 0 Å². The molecule has 4 nitrogen and oxygen atoms in total. The normalized spacial score (nSPS) is 28.8. The van der Waals surface area contributed by atoms with Crippen molar-refractivity contribution in [2.45, 2.75) is 42.0 Å². The first kappa shape index (κ1) is 19.5. The number of halogens is 1. The molecule has 6 heteroatoms. The van der Waals surface area contributed by atoms with Crippen LogP contribution in [-0.2, 0) is 14.9 Å². The van der Waals surface area contributed by atoms with Gasteiger partial charge in [-0.15, -0.1) is 0 Å². The van der Waals surface area contributed by atoms with Crippen LogP contribution in [0.1, 0.15) is 31.2 Å². The van der Waals surface area contributed by atoms with Gasteiger partial charge < -0.3 is 0 Å². The van der Waals surface area contributed by atoms with E-state index in [0.29, 0.717) is 4.90 Å². The molecule has 28 heavy (non-hydrogen) atoms. The highest BCUT2D eigenvalue weighted by atomic mass is 35.5. The lowest BCUT2D eigenvalue weighted by Crippen LogP contribution is -2.38. The fourth-order valence-electron chi connectivity index (χ4n) is 4.21. The predicted octanol–water partition coefficient (Wildman–Crippen LogP) is 5.19. The molecule has 1 fully saturated rings. The molecule has 148 valence electrons. The van der Waals surface area contributed by atoms with E-state index in [1.54, 1.807) is 30.5 Å². The zero-order valence-electron chi connectivity index (χ0n) is 15.9. The Balaban J connectivity index is 1.51. The molecule has 2 aliphatic rings. The minimum absolute atomic E-state index is 0.0126. The molecule has 4 rings (SSSR count). The van der Waals surface area contributed by atoms with Crippen LogP contribution in [0.2, 0.25) is 5.02 Å². The molecule has 0 saturated heterocycles. The highest BCUT2D eigenvalue weighted by molar-refractivity contribution is 8.13. The van der Waals surface area contributed by atoms with Gasteiger partial charge >= 0.3 is 0 Å². The Labute approximate surface area is 171 Å². The lowest BCUT2D eigenvalue weighted by molar-refractivity contribution is 0.269. The predicted molar refractivity (Wildman–Crippen MR) is 117 cm³/mol. The summed E-state index contributed by atoms with van der Waals surface area (Å²) in [6.45, 7) is 0. The van der Waals surface area contributed by atoms with Crippen molar-refractivity contribution in [2.75, 3.05) is 6.26 Å². The van der Waals surface area contributed by atoms with Crippen LogP contribution in [-0.4, -0.2) is 33.5 Å². The van der Waals surface area contributed by atoms with Gasteiger partial charge in [-0.25, -0.2) is 0 Å². The molecule has 1 atom stereocenters. The Morgan fingerprint density at radius 1 is 1.18 bits per heavy atom. The van der Waals surface area contributed by atoms with E-state index in [-0.39, 0.29) is 17.4 Å². The summed E-state index contributed by atoms with van der Waals surface area (Å²) in [5, 5.41) is 0.748. The van der Waals surface area contributed by atoms with Gasteiger partial charge in [-0.1, -0.05) is 51.5 Å². The van der Waals surface area contributed by atoms with Crippen molar-refractivity contribution in [3.8, 4) is 0 Å². The molecular formula is C22H25ClN2O2S. The number of benzene rings is 2. The van der Waals surface area contributed by atoms with E-state index in [1.165, 1.54) is 11.8 Å². The second kappa shape index (κ2) is 6.90. The third-order valence-electron chi connectivity index (χ3n) is 5.99. The van der Waals surface area contributed by atoms with Crippen LogP contribution in [0, 0.1) is 5.92 Å². The second-order valence-electron chi connectivity index (χ2n) is 8.05. The fourth-order valence-corrected chi connectivity index (χ4v) is 5.76. The summed E-state index contributed by atoms with van der Waals surface area (Å²) < 4.78 is 28.0. The van der Waals surface area contributed by atoms with Gasteiger partial charge in [-0.05, 0) is 61.4 Å². The Hall–Kier alpha value is -1.82. The van der Waals surface area contributed by atoms with Gasteiger partial charge in [-0.3, -0.25) is 9.55 Å². The first-order valence-corrected chi connectivity index (χ1v) is 12.2. The van der Waals surface area contributed by atoms with Crippen LogP contribution in [0.25, 0.3) is 0 Å². The Bertz CT molecular complexity index is 983. The van der Waals surface area contributed by atoms with Crippen molar-refractivity contribution < 1.29 is 8.76 Å². The summed E-state index contributed by atoms with van der Waals surface area (Å²) >= 11 is 6.23. The van der Waals surface area contributed by atoms with Crippen molar-refractivity contribution in [2.24, 2.45) is 15.3 Å². The topological polar surface area (TPSA) is 62.0 Å². The van der Waals surface area contributed by atoms with Crippen molar-refractivity contribution in [3.63, 3.8) is 0 Å². The Kier molecular flexibility index (Phi) is 4.81. The zero-order chi connectivity index (χ0) is 19.9. The highest BCUT2D eigenvalue weighted by Gasteiger charge is 2.46. The molecule has 1 unspecified atom stereocenters. The van der Waals surface area contributed by atoms with Gasteiger partial charge in [0, 0.05) is 29.1 Å². The van der Waals surface area contributed by atoms with Crippen LogP contribution in [0.4, 0.5) is 0 Å². The SMILES string of the molecule is CS(=O)(O)(/N=C/C1CCC(c2cccc(Cl)c2)(C2C=N2)CC1)c1ccccc1. The van der Waals surface area contributed by atoms with Gasteiger partial charge in [0.2, 0.25) is 0 Å². The summed E-state index contributed by atoms with van der Waals surface area (Å²) in [5.41, 5.74) is 1.23. The molecule has 0 spiro atoms. The first-order chi connectivity index (χ1) is 13.3.